The number of hydrogen-bond acceptors (Lipinski definition) is 2. The van der Waals surface area contributed by atoms with Gasteiger partial charge >= 0.3 is 0 Å². The topological polar surface area (TPSA) is 41.1 Å². The summed E-state index contributed by atoms with van der Waals surface area (Å²) in [5.74, 6) is 1.79. The van der Waals surface area contributed by atoms with Crippen LogP contribution in [0.2, 0.25) is 0 Å². The van der Waals surface area contributed by atoms with E-state index in [0.29, 0.717) is 6.54 Å². The van der Waals surface area contributed by atoms with E-state index < -0.39 is 0 Å². The smallest absolute Gasteiger partial charge is 0.239 e. The highest BCUT2D eigenvalue weighted by atomic mass is 16.1. The highest BCUT2D eigenvalue weighted by molar-refractivity contribution is 5.80. The fourth-order valence-electron chi connectivity index (χ4n) is 2.83. The first-order chi connectivity index (χ1) is 9.74. The largest absolute Gasteiger partial charge is 0.376 e. The second kappa shape index (κ2) is 7.93. The molecule has 0 saturated heterocycles. The van der Waals surface area contributed by atoms with E-state index in [-0.39, 0.29) is 5.91 Å². The van der Waals surface area contributed by atoms with Crippen LogP contribution in [0.4, 0.5) is 5.69 Å². The molecule has 1 fully saturated rings. The molecule has 0 aromatic heterocycles. The van der Waals surface area contributed by atoms with Crippen molar-refractivity contribution in [2.45, 2.75) is 39.0 Å². The lowest BCUT2D eigenvalue weighted by molar-refractivity contribution is -0.119. The molecule has 1 aromatic carbocycles. The van der Waals surface area contributed by atoms with Gasteiger partial charge in [0.15, 0.2) is 0 Å². The first-order valence-electron chi connectivity index (χ1n) is 7.79. The maximum atomic E-state index is 11.7. The highest BCUT2D eigenvalue weighted by Gasteiger charge is 2.17. The number of para-hydroxylation sites is 1. The molecule has 1 aliphatic rings. The molecule has 1 saturated carbocycles. The number of amides is 1. The van der Waals surface area contributed by atoms with Crippen LogP contribution in [0.5, 0.6) is 0 Å². The van der Waals surface area contributed by atoms with Crippen LogP contribution < -0.4 is 10.6 Å². The van der Waals surface area contributed by atoms with Crippen LogP contribution in [-0.4, -0.2) is 19.0 Å². The zero-order chi connectivity index (χ0) is 14.2. The fraction of sp³-hybridized carbons (Fsp3) is 0.588. The van der Waals surface area contributed by atoms with Crippen LogP contribution in [0.15, 0.2) is 30.3 Å². The summed E-state index contributed by atoms with van der Waals surface area (Å²) < 4.78 is 0. The zero-order valence-electron chi connectivity index (χ0n) is 12.4. The third kappa shape index (κ3) is 5.24. The molecule has 2 N–H and O–H groups in total. The van der Waals surface area contributed by atoms with Crippen LogP contribution in [0.3, 0.4) is 0 Å². The third-order valence-electron chi connectivity index (χ3n) is 4.24. The quantitative estimate of drug-likeness (QED) is 0.834. The molecule has 0 spiro atoms. The molecule has 3 heteroatoms. The van der Waals surface area contributed by atoms with Gasteiger partial charge in [0.25, 0.3) is 0 Å². The summed E-state index contributed by atoms with van der Waals surface area (Å²) in [7, 11) is 0. The number of benzene rings is 1. The molecule has 20 heavy (non-hydrogen) atoms. The zero-order valence-corrected chi connectivity index (χ0v) is 12.4. The second-order valence-corrected chi connectivity index (χ2v) is 5.98. The van der Waals surface area contributed by atoms with Gasteiger partial charge in [-0.05, 0) is 30.4 Å². The van der Waals surface area contributed by atoms with Gasteiger partial charge in [-0.3, -0.25) is 4.79 Å². The molecule has 1 aromatic rings. The Morgan fingerprint density at radius 1 is 1.15 bits per heavy atom. The minimum Gasteiger partial charge on any atom is -0.376 e. The maximum absolute atomic E-state index is 11.7. The van der Waals surface area contributed by atoms with Crippen LogP contribution >= 0.6 is 0 Å². The third-order valence-corrected chi connectivity index (χ3v) is 4.24. The minimum absolute atomic E-state index is 0.0815. The molecular formula is C17H26N2O. The van der Waals surface area contributed by atoms with Crippen molar-refractivity contribution in [2.75, 3.05) is 18.4 Å². The molecule has 0 heterocycles. The first-order valence-corrected chi connectivity index (χ1v) is 7.79. The van der Waals surface area contributed by atoms with E-state index in [9.17, 15) is 4.79 Å². The van der Waals surface area contributed by atoms with E-state index >= 15 is 0 Å². The standard InChI is InChI=1S/C17H26N2O/c1-14-7-9-15(10-8-14)11-12-18-17(20)13-19-16-5-3-2-4-6-16/h2-6,14-15,19H,7-13H2,1H3,(H,18,20). The van der Waals surface area contributed by atoms with Crippen molar-refractivity contribution < 1.29 is 4.79 Å². The van der Waals surface area contributed by atoms with Gasteiger partial charge in [0, 0.05) is 12.2 Å². The normalized spacial score (nSPS) is 22.2. The number of carbonyl (C=O) groups excluding carboxylic acids is 1. The monoisotopic (exact) mass is 274 g/mol. The molecule has 1 aliphatic carbocycles. The van der Waals surface area contributed by atoms with Crippen molar-refractivity contribution in [1.29, 1.82) is 0 Å². The van der Waals surface area contributed by atoms with Crippen LogP contribution in [0, 0.1) is 11.8 Å². The lowest BCUT2D eigenvalue weighted by Gasteiger charge is -2.26. The number of hydrogen-bond donors (Lipinski definition) is 2. The lowest BCUT2D eigenvalue weighted by Crippen LogP contribution is -2.31. The van der Waals surface area contributed by atoms with Crippen molar-refractivity contribution in [1.82, 2.24) is 5.32 Å². The van der Waals surface area contributed by atoms with E-state index in [4.69, 9.17) is 0 Å². The fourth-order valence-corrected chi connectivity index (χ4v) is 2.83. The molecule has 110 valence electrons. The Bertz CT molecular complexity index is 397. The molecule has 0 aliphatic heterocycles. The SMILES string of the molecule is CC1CCC(CCNC(=O)CNc2ccccc2)CC1. The van der Waals surface area contributed by atoms with Gasteiger partial charge in [0.1, 0.15) is 0 Å². The summed E-state index contributed by atoms with van der Waals surface area (Å²) in [5.41, 5.74) is 0.990. The van der Waals surface area contributed by atoms with Gasteiger partial charge in [0.05, 0.1) is 6.54 Å². The van der Waals surface area contributed by atoms with Crippen molar-refractivity contribution in [3.63, 3.8) is 0 Å². The Morgan fingerprint density at radius 2 is 1.85 bits per heavy atom. The first kappa shape index (κ1) is 14.9. The molecule has 0 atom stereocenters. The summed E-state index contributed by atoms with van der Waals surface area (Å²) in [6, 6.07) is 9.83. The van der Waals surface area contributed by atoms with Gasteiger partial charge in [-0.2, -0.15) is 0 Å². The summed E-state index contributed by atoms with van der Waals surface area (Å²) in [4.78, 5) is 11.7. The van der Waals surface area contributed by atoms with Gasteiger partial charge in [0.2, 0.25) is 5.91 Å². The van der Waals surface area contributed by atoms with Crippen molar-refractivity contribution >= 4 is 11.6 Å². The predicted molar refractivity (Wildman–Crippen MR) is 83.7 cm³/mol. The summed E-state index contributed by atoms with van der Waals surface area (Å²) in [6.45, 7) is 3.51. The Hall–Kier alpha value is -1.51. The molecular weight excluding hydrogens is 248 g/mol. The predicted octanol–water partition coefficient (Wildman–Crippen LogP) is 3.43. The molecule has 0 bridgehead atoms. The number of anilines is 1. The Morgan fingerprint density at radius 3 is 2.55 bits per heavy atom. The molecule has 0 radical (unpaired) electrons. The summed E-state index contributed by atoms with van der Waals surface area (Å²) in [6.07, 6.45) is 6.50. The van der Waals surface area contributed by atoms with E-state index in [1.807, 2.05) is 30.3 Å². The molecule has 3 nitrogen and oxygen atoms in total. The molecule has 0 unspecified atom stereocenters. The average molecular weight is 274 g/mol. The van der Waals surface area contributed by atoms with Crippen molar-refractivity contribution in [3.05, 3.63) is 30.3 Å². The lowest BCUT2D eigenvalue weighted by atomic mass is 9.81. The minimum atomic E-state index is 0.0815. The van der Waals surface area contributed by atoms with Gasteiger partial charge < -0.3 is 10.6 Å². The summed E-state index contributed by atoms with van der Waals surface area (Å²) >= 11 is 0. The Labute approximate surface area is 122 Å². The Balaban J connectivity index is 1.56. The van der Waals surface area contributed by atoms with Gasteiger partial charge in [-0.15, -0.1) is 0 Å². The van der Waals surface area contributed by atoms with Crippen molar-refractivity contribution in [2.24, 2.45) is 11.8 Å². The van der Waals surface area contributed by atoms with Crippen LogP contribution in [0.1, 0.15) is 39.0 Å². The number of nitrogens with one attached hydrogen (secondary N) is 2. The Kier molecular flexibility index (Phi) is 5.90. The van der Waals surface area contributed by atoms with Gasteiger partial charge in [-0.25, -0.2) is 0 Å². The van der Waals surface area contributed by atoms with E-state index in [0.717, 1.165) is 30.5 Å². The number of carbonyl (C=O) groups is 1. The second-order valence-electron chi connectivity index (χ2n) is 5.98. The van der Waals surface area contributed by atoms with E-state index in [2.05, 4.69) is 17.6 Å². The van der Waals surface area contributed by atoms with Crippen LogP contribution in [0.25, 0.3) is 0 Å². The average Bonchev–Trinajstić information content (AvgIpc) is 2.48. The van der Waals surface area contributed by atoms with Crippen molar-refractivity contribution in [3.8, 4) is 0 Å². The van der Waals surface area contributed by atoms with Gasteiger partial charge in [-0.1, -0.05) is 50.8 Å². The van der Waals surface area contributed by atoms with E-state index in [1.54, 1.807) is 0 Å². The van der Waals surface area contributed by atoms with E-state index in [1.165, 1.54) is 25.7 Å². The molecule has 1 amide bonds. The maximum Gasteiger partial charge on any atom is 0.239 e. The molecule has 2 rings (SSSR count). The highest BCUT2D eigenvalue weighted by Crippen LogP contribution is 2.29. The number of rotatable bonds is 6. The summed E-state index contributed by atoms with van der Waals surface area (Å²) in [5, 5.41) is 6.14. The van der Waals surface area contributed by atoms with Crippen LogP contribution in [-0.2, 0) is 4.79 Å².